The average Bonchev–Trinajstić information content (AvgIpc) is 3.22. The molecule has 1 aromatic carbocycles. The summed E-state index contributed by atoms with van der Waals surface area (Å²) in [4.78, 5) is 22.9. The van der Waals surface area contributed by atoms with Crippen molar-refractivity contribution in [1.82, 2.24) is 19.6 Å². The molecule has 0 fully saturated rings. The summed E-state index contributed by atoms with van der Waals surface area (Å²) in [5.74, 6) is -1.42. The number of hydrogen-bond donors (Lipinski definition) is 2. The van der Waals surface area contributed by atoms with Crippen LogP contribution >= 0.6 is 15.9 Å². The second-order valence-corrected chi connectivity index (χ2v) is 6.56. The number of aliphatic carboxylic acids is 1. The van der Waals surface area contributed by atoms with E-state index < -0.39 is 11.9 Å². The number of nitrogens with one attached hydrogen (secondary N) is 1. The zero-order valence-electron chi connectivity index (χ0n) is 14.0. The molecule has 0 aliphatic heterocycles. The third-order valence-corrected chi connectivity index (χ3v) is 4.27. The number of carboxylic acids is 1. The van der Waals surface area contributed by atoms with E-state index in [0.717, 1.165) is 0 Å². The number of rotatable bonds is 7. The van der Waals surface area contributed by atoms with Crippen molar-refractivity contribution in [2.75, 3.05) is 5.32 Å². The van der Waals surface area contributed by atoms with Gasteiger partial charge in [-0.2, -0.15) is 10.2 Å². The molecule has 140 valence electrons. The monoisotopic (exact) mass is 435 g/mol. The molecule has 1 amide bonds. The van der Waals surface area contributed by atoms with E-state index in [9.17, 15) is 14.0 Å². The van der Waals surface area contributed by atoms with Gasteiger partial charge in [0.2, 0.25) is 0 Å². The lowest BCUT2D eigenvalue weighted by molar-refractivity contribution is -0.137. The predicted molar refractivity (Wildman–Crippen MR) is 97.9 cm³/mol. The summed E-state index contributed by atoms with van der Waals surface area (Å²) in [7, 11) is 0. The summed E-state index contributed by atoms with van der Waals surface area (Å²) in [5.41, 5.74) is 0.751. The summed E-state index contributed by atoms with van der Waals surface area (Å²) >= 11 is 3.32. The van der Waals surface area contributed by atoms with Crippen molar-refractivity contribution < 1.29 is 19.1 Å². The van der Waals surface area contributed by atoms with E-state index >= 15 is 0 Å². The van der Waals surface area contributed by atoms with Crippen molar-refractivity contribution in [3.8, 4) is 0 Å². The molecule has 0 atom stereocenters. The van der Waals surface area contributed by atoms with Gasteiger partial charge in [0.15, 0.2) is 5.82 Å². The number of amides is 1. The van der Waals surface area contributed by atoms with E-state index in [1.54, 1.807) is 24.4 Å². The number of carboxylic acid groups (broad SMARTS) is 1. The van der Waals surface area contributed by atoms with Gasteiger partial charge in [0.1, 0.15) is 5.82 Å². The minimum Gasteiger partial charge on any atom is -0.481 e. The van der Waals surface area contributed by atoms with Crippen LogP contribution in [0.5, 0.6) is 0 Å². The smallest absolute Gasteiger partial charge is 0.305 e. The second kappa shape index (κ2) is 8.12. The first-order valence-corrected chi connectivity index (χ1v) is 8.73. The largest absolute Gasteiger partial charge is 0.481 e. The topological polar surface area (TPSA) is 102 Å². The lowest BCUT2D eigenvalue weighted by atomic mass is 10.2. The van der Waals surface area contributed by atoms with Gasteiger partial charge in [-0.1, -0.05) is 18.2 Å². The van der Waals surface area contributed by atoms with Gasteiger partial charge in [0.05, 0.1) is 35.7 Å². The zero-order chi connectivity index (χ0) is 19.4. The van der Waals surface area contributed by atoms with Gasteiger partial charge < -0.3 is 10.4 Å². The maximum absolute atomic E-state index is 13.8. The fraction of sp³-hybridized carbons (Fsp3) is 0.176. The Kier molecular flexibility index (Phi) is 5.65. The lowest BCUT2D eigenvalue weighted by Gasteiger charge is -2.03. The van der Waals surface area contributed by atoms with Crippen LogP contribution in [-0.4, -0.2) is 36.5 Å². The van der Waals surface area contributed by atoms with Crippen LogP contribution in [0.15, 0.2) is 47.3 Å². The Morgan fingerprint density at radius 1 is 1.22 bits per heavy atom. The highest BCUT2D eigenvalue weighted by Gasteiger charge is 2.14. The Labute approximate surface area is 161 Å². The molecule has 8 nitrogen and oxygen atoms in total. The van der Waals surface area contributed by atoms with E-state index in [-0.39, 0.29) is 36.7 Å². The van der Waals surface area contributed by atoms with Crippen LogP contribution in [0.25, 0.3) is 0 Å². The molecular weight excluding hydrogens is 421 g/mol. The standard InChI is InChI=1S/C17H15BrFN5O3/c18-13-10-24(8-11-3-1-2-4-14(11)19)22-16(13)21-17(27)12-7-20-23(9-12)6-5-15(25)26/h1-4,7,9-10H,5-6,8H2,(H,25,26)(H,21,22,27). The van der Waals surface area contributed by atoms with Crippen LogP contribution in [-0.2, 0) is 17.9 Å². The van der Waals surface area contributed by atoms with Gasteiger partial charge in [-0.25, -0.2) is 4.39 Å². The lowest BCUT2D eigenvalue weighted by Crippen LogP contribution is -2.13. The SMILES string of the molecule is O=C(O)CCn1cc(C(=O)Nc2nn(Cc3ccccc3F)cc2Br)cn1. The maximum atomic E-state index is 13.8. The molecule has 0 bridgehead atoms. The third-order valence-electron chi connectivity index (χ3n) is 3.69. The van der Waals surface area contributed by atoms with Crippen LogP contribution in [0.2, 0.25) is 0 Å². The van der Waals surface area contributed by atoms with Gasteiger partial charge in [-0.3, -0.25) is 19.0 Å². The molecule has 0 radical (unpaired) electrons. The number of carbonyl (C=O) groups is 2. The van der Waals surface area contributed by atoms with Crippen molar-refractivity contribution in [1.29, 1.82) is 0 Å². The van der Waals surface area contributed by atoms with Crippen molar-refractivity contribution in [3.05, 3.63) is 64.3 Å². The highest BCUT2D eigenvalue weighted by atomic mass is 79.9. The zero-order valence-corrected chi connectivity index (χ0v) is 15.6. The number of anilines is 1. The van der Waals surface area contributed by atoms with Crippen LogP contribution in [0.4, 0.5) is 10.2 Å². The number of nitrogens with zero attached hydrogens (tertiary/aromatic N) is 4. The first kappa shape index (κ1) is 18.8. The minimum atomic E-state index is -0.944. The number of halogens is 2. The van der Waals surface area contributed by atoms with Crippen LogP contribution < -0.4 is 5.32 Å². The van der Waals surface area contributed by atoms with Crippen molar-refractivity contribution in [2.24, 2.45) is 0 Å². The molecule has 3 rings (SSSR count). The number of hydrogen-bond acceptors (Lipinski definition) is 4. The summed E-state index contributed by atoms with van der Waals surface area (Å²) in [6.07, 6.45) is 4.36. The first-order chi connectivity index (χ1) is 12.9. The van der Waals surface area contributed by atoms with Gasteiger partial charge in [-0.05, 0) is 22.0 Å². The molecule has 0 saturated heterocycles. The predicted octanol–water partition coefficient (Wildman–Crippen LogP) is 2.76. The van der Waals surface area contributed by atoms with E-state index in [2.05, 4.69) is 31.4 Å². The fourth-order valence-electron chi connectivity index (χ4n) is 2.36. The second-order valence-electron chi connectivity index (χ2n) is 5.70. The Hall–Kier alpha value is -3.01. The number of carbonyl (C=O) groups excluding carboxylic acids is 1. The molecule has 0 spiro atoms. The first-order valence-electron chi connectivity index (χ1n) is 7.94. The molecule has 2 aromatic heterocycles. The fourth-order valence-corrected chi connectivity index (χ4v) is 2.77. The van der Waals surface area contributed by atoms with E-state index in [4.69, 9.17) is 5.11 Å². The van der Waals surface area contributed by atoms with Gasteiger partial charge in [0, 0.05) is 18.0 Å². The molecule has 27 heavy (non-hydrogen) atoms. The van der Waals surface area contributed by atoms with Crippen molar-refractivity contribution >= 4 is 33.6 Å². The number of aromatic nitrogens is 4. The molecule has 10 heteroatoms. The quantitative estimate of drug-likeness (QED) is 0.593. The van der Waals surface area contributed by atoms with Crippen LogP contribution in [0.1, 0.15) is 22.3 Å². The highest BCUT2D eigenvalue weighted by molar-refractivity contribution is 9.10. The van der Waals surface area contributed by atoms with Crippen molar-refractivity contribution in [2.45, 2.75) is 19.5 Å². The number of aryl methyl sites for hydroxylation is 1. The Morgan fingerprint density at radius 3 is 2.74 bits per heavy atom. The van der Waals surface area contributed by atoms with Crippen LogP contribution in [0, 0.1) is 5.82 Å². The summed E-state index contributed by atoms with van der Waals surface area (Å²) < 4.78 is 17.2. The molecule has 3 aromatic rings. The minimum absolute atomic E-state index is 0.0886. The molecule has 2 heterocycles. The van der Waals surface area contributed by atoms with Crippen LogP contribution in [0.3, 0.4) is 0 Å². The van der Waals surface area contributed by atoms with Gasteiger partial charge in [-0.15, -0.1) is 0 Å². The summed E-state index contributed by atoms with van der Waals surface area (Å²) in [6, 6.07) is 6.38. The van der Waals surface area contributed by atoms with Gasteiger partial charge >= 0.3 is 5.97 Å². The molecule has 0 aliphatic rings. The normalized spacial score (nSPS) is 10.7. The third kappa shape index (κ3) is 4.79. The Bertz CT molecular complexity index is 985. The van der Waals surface area contributed by atoms with Gasteiger partial charge in [0.25, 0.3) is 5.91 Å². The maximum Gasteiger partial charge on any atom is 0.305 e. The van der Waals surface area contributed by atoms with Crippen molar-refractivity contribution in [3.63, 3.8) is 0 Å². The molecule has 2 N–H and O–H groups in total. The summed E-state index contributed by atoms with van der Waals surface area (Å²) in [5, 5.41) is 19.5. The Morgan fingerprint density at radius 2 is 2.00 bits per heavy atom. The summed E-state index contributed by atoms with van der Waals surface area (Å²) in [6.45, 7) is 0.387. The molecule has 0 unspecified atom stereocenters. The highest BCUT2D eigenvalue weighted by Crippen LogP contribution is 2.22. The molecular formula is C17H15BrFN5O3. The van der Waals surface area contributed by atoms with E-state index in [1.165, 1.54) is 27.8 Å². The number of benzene rings is 1. The average molecular weight is 436 g/mol. The van der Waals surface area contributed by atoms with E-state index in [1.807, 2.05) is 0 Å². The van der Waals surface area contributed by atoms with E-state index in [0.29, 0.717) is 10.0 Å². The molecule has 0 aliphatic carbocycles. The molecule has 0 saturated carbocycles. The Balaban J connectivity index is 1.67.